The standard InChI is InChI=1S/C11H17NO4S/c1-8-6-9(2)11(10(7-8)16-3)17(14,15)12-4-5-13/h6-7,12-13H,4-5H2,1-3H3. The van der Waals surface area contributed by atoms with Crippen LogP contribution in [0.1, 0.15) is 11.1 Å². The SMILES string of the molecule is COc1cc(C)cc(C)c1S(=O)(=O)NCCO. The first-order chi connectivity index (χ1) is 7.92. The number of ether oxygens (including phenoxy) is 1. The van der Waals surface area contributed by atoms with Crippen LogP contribution in [0, 0.1) is 13.8 Å². The molecule has 17 heavy (non-hydrogen) atoms. The number of aliphatic hydroxyl groups excluding tert-OH is 1. The molecule has 0 aliphatic rings. The zero-order valence-corrected chi connectivity index (χ0v) is 11.0. The van der Waals surface area contributed by atoms with Gasteiger partial charge in [0, 0.05) is 6.54 Å². The molecule has 0 fully saturated rings. The Morgan fingerprint density at radius 1 is 1.35 bits per heavy atom. The minimum atomic E-state index is -3.65. The Kier molecular flexibility index (Phi) is 4.50. The third kappa shape index (κ3) is 3.18. The number of hydrogen-bond donors (Lipinski definition) is 2. The fourth-order valence-corrected chi connectivity index (χ4v) is 3.06. The van der Waals surface area contributed by atoms with Crippen LogP contribution in [0.3, 0.4) is 0 Å². The summed E-state index contributed by atoms with van der Waals surface area (Å²) in [6.07, 6.45) is 0. The van der Waals surface area contributed by atoms with Crippen molar-refractivity contribution in [3.05, 3.63) is 23.3 Å². The lowest BCUT2D eigenvalue weighted by Crippen LogP contribution is -2.27. The molecule has 0 saturated carbocycles. The van der Waals surface area contributed by atoms with Crippen LogP contribution in [0.25, 0.3) is 0 Å². The third-order valence-corrected chi connectivity index (χ3v) is 3.92. The van der Waals surface area contributed by atoms with Crippen LogP contribution in [-0.4, -0.2) is 33.8 Å². The van der Waals surface area contributed by atoms with E-state index < -0.39 is 10.0 Å². The fourth-order valence-electron chi connectivity index (χ4n) is 1.66. The Hall–Kier alpha value is -1.11. The lowest BCUT2D eigenvalue weighted by atomic mass is 10.1. The first-order valence-corrected chi connectivity index (χ1v) is 6.66. The molecule has 0 unspecified atom stereocenters. The zero-order chi connectivity index (χ0) is 13.1. The molecule has 0 saturated heterocycles. The monoisotopic (exact) mass is 259 g/mol. The Bertz CT molecular complexity index is 496. The van der Waals surface area contributed by atoms with Gasteiger partial charge in [0.05, 0.1) is 13.7 Å². The Morgan fingerprint density at radius 3 is 2.53 bits per heavy atom. The number of nitrogens with one attached hydrogen (secondary N) is 1. The van der Waals surface area contributed by atoms with E-state index in [1.54, 1.807) is 19.1 Å². The summed E-state index contributed by atoms with van der Waals surface area (Å²) in [5.74, 6) is 0.313. The summed E-state index contributed by atoms with van der Waals surface area (Å²) in [6.45, 7) is 3.32. The van der Waals surface area contributed by atoms with Gasteiger partial charge in [-0.1, -0.05) is 6.07 Å². The second kappa shape index (κ2) is 5.48. The second-order valence-corrected chi connectivity index (χ2v) is 5.44. The van der Waals surface area contributed by atoms with Crippen molar-refractivity contribution in [1.82, 2.24) is 4.72 Å². The van der Waals surface area contributed by atoms with Crippen LogP contribution < -0.4 is 9.46 Å². The average molecular weight is 259 g/mol. The smallest absolute Gasteiger partial charge is 0.244 e. The number of hydrogen-bond acceptors (Lipinski definition) is 4. The van der Waals surface area contributed by atoms with Crippen molar-refractivity contribution in [3.63, 3.8) is 0 Å². The maximum atomic E-state index is 12.0. The van der Waals surface area contributed by atoms with E-state index in [4.69, 9.17) is 9.84 Å². The second-order valence-electron chi connectivity index (χ2n) is 3.73. The van der Waals surface area contributed by atoms with Crippen molar-refractivity contribution in [1.29, 1.82) is 0 Å². The molecule has 2 N–H and O–H groups in total. The van der Waals surface area contributed by atoms with Gasteiger partial charge in [0.25, 0.3) is 0 Å². The highest BCUT2D eigenvalue weighted by Crippen LogP contribution is 2.28. The van der Waals surface area contributed by atoms with Gasteiger partial charge in [0.1, 0.15) is 10.6 Å². The Labute approximate surface area is 101 Å². The van der Waals surface area contributed by atoms with Crippen molar-refractivity contribution in [3.8, 4) is 5.75 Å². The molecule has 0 amide bonds. The predicted octanol–water partition coefficient (Wildman–Crippen LogP) is 0.583. The molecule has 0 atom stereocenters. The van der Waals surface area contributed by atoms with Crippen molar-refractivity contribution in [2.24, 2.45) is 0 Å². The molecule has 1 aromatic rings. The number of aliphatic hydroxyl groups is 1. The lowest BCUT2D eigenvalue weighted by molar-refractivity contribution is 0.301. The van der Waals surface area contributed by atoms with Crippen LogP contribution >= 0.6 is 0 Å². The maximum Gasteiger partial charge on any atom is 0.244 e. The largest absolute Gasteiger partial charge is 0.495 e. The van der Waals surface area contributed by atoms with E-state index in [-0.39, 0.29) is 18.0 Å². The Morgan fingerprint density at radius 2 is 2.00 bits per heavy atom. The van der Waals surface area contributed by atoms with E-state index in [2.05, 4.69) is 4.72 Å². The van der Waals surface area contributed by atoms with Crippen LogP contribution in [0.4, 0.5) is 0 Å². The van der Waals surface area contributed by atoms with Crippen LogP contribution in [0.5, 0.6) is 5.75 Å². The van der Waals surface area contributed by atoms with Gasteiger partial charge >= 0.3 is 0 Å². The van der Waals surface area contributed by atoms with Crippen LogP contribution in [0.2, 0.25) is 0 Å². The number of rotatable bonds is 5. The average Bonchev–Trinajstić information content (AvgIpc) is 2.24. The number of benzene rings is 1. The van der Waals surface area contributed by atoms with Gasteiger partial charge in [-0.3, -0.25) is 0 Å². The van der Waals surface area contributed by atoms with Gasteiger partial charge in [-0.25, -0.2) is 13.1 Å². The van der Waals surface area contributed by atoms with Crippen molar-refractivity contribution < 1.29 is 18.3 Å². The highest BCUT2D eigenvalue weighted by molar-refractivity contribution is 7.89. The molecule has 0 aliphatic heterocycles. The Balaban J connectivity index is 3.30. The number of aryl methyl sites for hydroxylation is 2. The highest BCUT2D eigenvalue weighted by atomic mass is 32.2. The molecule has 0 spiro atoms. The van der Waals surface area contributed by atoms with Crippen molar-refractivity contribution in [2.45, 2.75) is 18.7 Å². The summed E-state index contributed by atoms with van der Waals surface area (Å²) in [7, 11) is -2.22. The maximum absolute atomic E-state index is 12.0. The first-order valence-electron chi connectivity index (χ1n) is 5.18. The molecule has 0 aliphatic carbocycles. The summed E-state index contributed by atoms with van der Waals surface area (Å²) in [5, 5.41) is 8.66. The topological polar surface area (TPSA) is 75.6 Å². The highest BCUT2D eigenvalue weighted by Gasteiger charge is 2.21. The number of sulfonamides is 1. The van der Waals surface area contributed by atoms with E-state index in [9.17, 15) is 8.42 Å². The minimum absolute atomic E-state index is 0.0151. The molecular formula is C11H17NO4S. The van der Waals surface area contributed by atoms with E-state index >= 15 is 0 Å². The molecule has 0 radical (unpaired) electrons. The van der Waals surface area contributed by atoms with E-state index in [0.29, 0.717) is 11.3 Å². The first kappa shape index (κ1) is 14.0. The van der Waals surface area contributed by atoms with Gasteiger partial charge in [0.15, 0.2) is 0 Å². The molecule has 0 bridgehead atoms. The van der Waals surface area contributed by atoms with Crippen molar-refractivity contribution in [2.75, 3.05) is 20.3 Å². The van der Waals surface area contributed by atoms with E-state index in [1.165, 1.54) is 7.11 Å². The summed E-state index contributed by atoms with van der Waals surface area (Å²) in [6, 6.07) is 3.44. The van der Waals surface area contributed by atoms with Crippen LogP contribution in [0.15, 0.2) is 17.0 Å². The van der Waals surface area contributed by atoms with Gasteiger partial charge in [-0.15, -0.1) is 0 Å². The third-order valence-electron chi connectivity index (χ3n) is 2.28. The molecule has 6 heteroatoms. The fraction of sp³-hybridized carbons (Fsp3) is 0.455. The number of methoxy groups -OCH3 is 1. The zero-order valence-electron chi connectivity index (χ0n) is 10.1. The van der Waals surface area contributed by atoms with Gasteiger partial charge in [-0.2, -0.15) is 0 Å². The normalized spacial score (nSPS) is 11.5. The predicted molar refractivity (Wildman–Crippen MR) is 64.7 cm³/mol. The quantitative estimate of drug-likeness (QED) is 0.811. The summed E-state index contributed by atoms with van der Waals surface area (Å²) in [4.78, 5) is 0.124. The van der Waals surface area contributed by atoms with Gasteiger partial charge < -0.3 is 9.84 Å². The van der Waals surface area contributed by atoms with Crippen molar-refractivity contribution >= 4 is 10.0 Å². The molecule has 5 nitrogen and oxygen atoms in total. The van der Waals surface area contributed by atoms with Gasteiger partial charge in [0.2, 0.25) is 10.0 Å². The molecule has 96 valence electrons. The van der Waals surface area contributed by atoms with E-state index in [1.807, 2.05) is 6.92 Å². The summed E-state index contributed by atoms with van der Waals surface area (Å²) >= 11 is 0. The van der Waals surface area contributed by atoms with E-state index in [0.717, 1.165) is 5.56 Å². The summed E-state index contributed by atoms with van der Waals surface area (Å²) < 4.78 is 31.4. The minimum Gasteiger partial charge on any atom is -0.495 e. The molecule has 0 heterocycles. The van der Waals surface area contributed by atoms with Crippen LogP contribution in [-0.2, 0) is 10.0 Å². The molecule has 0 aromatic heterocycles. The molecule has 1 rings (SSSR count). The lowest BCUT2D eigenvalue weighted by Gasteiger charge is -2.13. The van der Waals surface area contributed by atoms with Gasteiger partial charge in [-0.05, 0) is 31.0 Å². The molecule has 1 aromatic carbocycles. The summed E-state index contributed by atoms with van der Waals surface area (Å²) in [5.41, 5.74) is 1.55. The molecular weight excluding hydrogens is 242 g/mol.